The van der Waals surface area contributed by atoms with Gasteiger partial charge < -0.3 is 15.2 Å². The Bertz CT molecular complexity index is 514. The molecule has 0 saturated carbocycles. The van der Waals surface area contributed by atoms with Gasteiger partial charge in [0.2, 0.25) is 0 Å². The topological polar surface area (TPSA) is 44.5 Å². The summed E-state index contributed by atoms with van der Waals surface area (Å²) in [6.45, 7) is 0.630. The quantitative estimate of drug-likeness (QED) is 0.498. The van der Waals surface area contributed by atoms with Gasteiger partial charge in [-0.2, -0.15) is 0 Å². The second-order valence-corrected chi connectivity index (χ2v) is 5.08. The fourth-order valence-electron chi connectivity index (χ4n) is 1.60. The Hall–Kier alpha value is -1.81. The van der Waals surface area contributed by atoms with Crippen molar-refractivity contribution in [3.8, 4) is 11.5 Å². The highest BCUT2D eigenvalue weighted by atomic mass is 32.2. The molecular weight excluding hydrogens is 258 g/mol. The lowest BCUT2D eigenvalue weighted by atomic mass is 10.3. The van der Waals surface area contributed by atoms with Gasteiger partial charge in [0.1, 0.15) is 11.5 Å². The van der Waals surface area contributed by atoms with Crippen LogP contribution in [0.15, 0.2) is 53.4 Å². The summed E-state index contributed by atoms with van der Waals surface area (Å²) in [5, 5.41) is 0. The van der Waals surface area contributed by atoms with E-state index in [1.54, 1.807) is 18.9 Å². The van der Waals surface area contributed by atoms with Crippen LogP contribution in [0.25, 0.3) is 0 Å². The minimum absolute atomic E-state index is 0.630. The number of para-hydroxylation sites is 2. The molecule has 0 aromatic heterocycles. The number of nitrogen functional groups attached to an aromatic ring is 1. The maximum atomic E-state index is 5.80. The average molecular weight is 275 g/mol. The van der Waals surface area contributed by atoms with E-state index in [1.165, 1.54) is 4.90 Å². The second kappa shape index (κ2) is 6.95. The van der Waals surface area contributed by atoms with E-state index in [-0.39, 0.29) is 0 Å². The smallest absolute Gasteiger partial charge is 0.142 e. The molecule has 0 atom stereocenters. The largest absolute Gasteiger partial charge is 0.497 e. The molecule has 0 aliphatic heterocycles. The van der Waals surface area contributed by atoms with Crippen molar-refractivity contribution in [3.05, 3.63) is 48.5 Å². The Morgan fingerprint density at radius 2 is 1.79 bits per heavy atom. The van der Waals surface area contributed by atoms with Crippen LogP contribution in [0.2, 0.25) is 0 Å². The second-order valence-electron chi connectivity index (χ2n) is 3.91. The third-order valence-corrected chi connectivity index (χ3v) is 3.56. The van der Waals surface area contributed by atoms with Crippen molar-refractivity contribution in [3.63, 3.8) is 0 Å². The summed E-state index contributed by atoms with van der Waals surface area (Å²) in [4.78, 5) is 1.20. The van der Waals surface area contributed by atoms with Gasteiger partial charge in [0.15, 0.2) is 0 Å². The fourth-order valence-corrected chi connectivity index (χ4v) is 2.33. The van der Waals surface area contributed by atoms with Gasteiger partial charge in [0, 0.05) is 10.6 Å². The summed E-state index contributed by atoms with van der Waals surface area (Å²) in [6.07, 6.45) is 0. The highest BCUT2D eigenvalue weighted by Crippen LogP contribution is 2.23. The molecule has 2 aromatic rings. The van der Waals surface area contributed by atoms with Crippen molar-refractivity contribution in [2.45, 2.75) is 4.90 Å². The molecule has 0 fully saturated rings. The van der Waals surface area contributed by atoms with Gasteiger partial charge in [-0.15, -0.1) is 11.8 Å². The number of hydrogen-bond acceptors (Lipinski definition) is 4. The number of ether oxygens (including phenoxy) is 2. The van der Waals surface area contributed by atoms with Crippen LogP contribution in [0, 0.1) is 0 Å². The van der Waals surface area contributed by atoms with Crippen LogP contribution in [-0.2, 0) is 0 Å². The van der Waals surface area contributed by atoms with E-state index in [1.807, 2.05) is 48.5 Å². The number of hydrogen-bond donors (Lipinski definition) is 1. The number of rotatable bonds is 6. The zero-order valence-corrected chi connectivity index (χ0v) is 11.7. The third kappa shape index (κ3) is 4.10. The fraction of sp³-hybridized carbons (Fsp3) is 0.200. The first-order valence-electron chi connectivity index (χ1n) is 6.04. The van der Waals surface area contributed by atoms with E-state index in [9.17, 15) is 0 Å². The standard InChI is InChI=1S/C15H17NO2S/c1-17-12-6-8-13(9-7-12)19-11-10-18-15-5-3-2-4-14(15)16/h2-9H,10-11,16H2,1H3. The maximum absolute atomic E-state index is 5.80. The molecule has 3 nitrogen and oxygen atoms in total. The first kappa shape index (κ1) is 13.6. The molecule has 0 bridgehead atoms. The first-order chi connectivity index (χ1) is 9.29. The van der Waals surface area contributed by atoms with E-state index in [4.69, 9.17) is 15.2 Å². The van der Waals surface area contributed by atoms with Crippen LogP contribution in [0.4, 0.5) is 5.69 Å². The van der Waals surface area contributed by atoms with E-state index in [0.717, 1.165) is 17.3 Å². The van der Waals surface area contributed by atoms with Crippen molar-refractivity contribution < 1.29 is 9.47 Å². The van der Waals surface area contributed by atoms with E-state index in [2.05, 4.69) is 0 Å². The number of benzene rings is 2. The van der Waals surface area contributed by atoms with Crippen LogP contribution in [0.1, 0.15) is 0 Å². The molecule has 0 radical (unpaired) electrons. The van der Waals surface area contributed by atoms with Crippen molar-refractivity contribution in [2.24, 2.45) is 0 Å². The predicted octanol–water partition coefficient (Wildman–Crippen LogP) is 3.45. The molecule has 0 unspecified atom stereocenters. The zero-order chi connectivity index (χ0) is 13.5. The molecule has 100 valence electrons. The van der Waals surface area contributed by atoms with Crippen molar-refractivity contribution in [1.82, 2.24) is 0 Å². The minimum atomic E-state index is 0.630. The molecule has 4 heteroatoms. The van der Waals surface area contributed by atoms with Gasteiger partial charge in [-0.3, -0.25) is 0 Å². The Morgan fingerprint density at radius 3 is 2.47 bits per heavy atom. The summed E-state index contributed by atoms with van der Waals surface area (Å²) in [6, 6.07) is 15.5. The van der Waals surface area contributed by atoms with E-state index < -0.39 is 0 Å². The van der Waals surface area contributed by atoms with Crippen LogP contribution >= 0.6 is 11.8 Å². The molecule has 2 N–H and O–H groups in total. The van der Waals surface area contributed by atoms with Crippen molar-refractivity contribution in [2.75, 3.05) is 25.2 Å². The maximum Gasteiger partial charge on any atom is 0.142 e. The van der Waals surface area contributed by atoms with E-state index >= 15 is 0 Å². The summed E-state index contributed by atoms with van der Waals surface area (Å²) >= 11 is 1.74. The number of methoxy groups -OCH3 is 1. The predicted molar refractivity (Wildman–Crippen MR) is 80.1 cm³/mol. The Morgan fingerprint density at radius 1 is 1.05 bits per heavy atom. The molecule has 19 heavy (non-hydrogen) atoms. The SMILES string of the molecule is COc1ccc(SCCOc2ccccc2N)cc1. The third-order valence-electron chi connectivity index (χ3n) is 2.59. The molecule has 2 aromatic carbocycles. The molecule has 0 amide bonds. The molecule has 0 aliphatic carbocycles. The first-order valence-corrected chi connectivity index (χ1v) is 7.02. The number of thioether (sulfide) groups is 1. The Labute approximate surface area is 117 Å². The van der Waals surface area contributed by atoms with E-state index in [0.29, 0.717) is 12.3 Å². The van der Waals surface area contributed by atoms with Gasteiger partial charge in [0.25, 0.3) is 0 Å². The lowest BCUT2D eigenvalue weighted by Gasteiger charge is -2.08. The summed E-state index contributed by atoms with van der Waals surface area (Å²) < 4.78 is 10.8. The summed E-state index contributed by atoms with van der Waals surface area (Å²) in [5.41, 5.74) is 6.48. The van der Waals surface area contributed by atoms with Crippen LogP contribution < -0.4 is 15.2 Å². The Kier molecular flexibility index (Phi) is 4.98. The van der Waals surface area contributed by atoms with Gasteiger partial charge in [-0.1, -0.05) is 12.1 Å². The normalized spacial score (nSPS) is 10.2. The highest BCUT2D eigenvalue weighted by Gasteiger charge is 1.99. The molecule has 0 saturated heterocycles. The number of anilines is 1. The van der Waals surface area contributed by atoms with Crippen LogP contribution in [0.5, 0.6) is 11.5 Å². The minimum Gasteiger partial charge on any atom is -0.497 e. The monoisotopic (exact) mass is 275 g/mol. The molecule has 0 heterocycles. The molecule has 0 aliphatic rings. The van der Waals surface area contributed by atoms with Gasteiger partial charge >= 0.3 is 0 Å². The summed E-state index contributed by atoms with van der Waals surface area (Å²) in [7, 11) is 1.67. The molecule has 2 rings (SSSR count). The summed E-state index contributed by atoms with van der Waals surface area (Å²) in [5.74, 6) is 2.50. The Balaban J connectivity index is 1.76. The van der Waals surface area contributed by atoms with Gasteiger partial charge in [0.05, 0.1) is 19.4 Å². The molecule has 0 spiro atoms. The van der Waals surface area contributed by atoms with Crippen molar-refractivity contribution in [1.29, 1.82) is 0 Å². The zero-order valence-electron chi connectivity index (χ0n) is 10.8. The number of nitrogens with two attached hydrogens (primary N) is 1. The van der Waals surface area contributed by atoms with Crippen molar-refractivity contribution >= 4 is 17.4 Å². The lowest BCUT2D eigenvalue weighted by molar-refractivity contribution is 0.346. The lowest BCUT2D eigenvalue weighted by Crippen LogP contribution is -2.02. The highest BCUT2D eigenvalue weighted by molar-refractivity contribution is 7.99. The van der Waals surface area contributed by atoms with Crippen LogP contribution in [0.3, 0.4) is 0 Å². The van der Waals surface area contributed by atoms with Crippen LogP contribution in [-0.4, -0.2) is 19.5 Å². The van der Waals surface area contributed by atoms with Gasteiger partial charge in [-0.05, 0) is 36.4 Å². The average Bonchev–Trinajstić information content (AvgIpc) is 2.46. The van der Waals surface area contributed by atoms with Gasteiger partial charge in [-0.25, -0.2) is 0 Å². The molecular formula is C15H17NO2S.